The van der Waals surface area contributed by atoms with Gasteiger partial charge in [0, 0.05) is 10.9 Å². The van der Waals surface area contributed by atoms with Crippen LogP contribution in [-0.4, -0.2) is 24.0 Å². The van der Waals surface area contributed by atoms with Gasteiger partial charge in [0.2, 0.25) is 0 Å². The summed E-state index contributed by atoms with van der Waals surface area (Å²) in [6, 6.07) is 6.29. The van der Waals surface area contributed by atoms with Crippen LogP contribution >= 0.6 is 11.8 Å². The van der Waals surface area contributed by atoms with Crippen LogP contribution in [0.2, 0.25) is 0 Å². The predicted octanol–water partition coefficient (Wildman–Crippen LogP) is 3.62. The number of benzene rings is 1. The lowest BCUT2D eigenvalue weighted by Gasteiger charge is -2.12. The number of urea groups is 1. The van der Waals surface area contributed by atoms with Gasteiger partial charge >= 0.3 is 12.2 Å². The Labute approximate surface area is 112 Å². The van der Waals surface area contributed by atoms with E-state index in [0.29, 0.717) is 22.3 Å². The Morgan fingerprint density at radius 2 is 2.00 bits per heavy atom. The molecule has 0 unspecified atom stereocenters. The molecular weight excluding hydrogens is 277 g/mol. The second-order valence-electron chi connectivity index (χ2n) is 4.27. The monoisotopic (exact) mass is 290 g/mol. The van der Waals surface area contributed by atoms with Gasteiger partial charge in [-0.25, -0.2) is 4.79 Å². The summed E-state index contributed by atoms with van der Waals surface area (Å²) < 4.78 is 36.6. The molecule has 2 rings (SSSR count). The van der Waals surface area contributed by atoms with E-state index in [0.717, 1.165) is 12.8 Å². The van der Waals surface area contributed by atoms with Crippen molar-refractivity contribution in [3.63, 3.8) is 0 Å². The molecule has 0 atom stereocenters. The maximum absolute atomic E-state index is 12.2. The number of thioether (sulfide) groups is 1. The predicted molar refractivity (Wildman–Crippen MR) is 68.4 cm³/mol. The van der Waals surface area contributed by atoms with Gasteiger partial charge in [0.1, 0.15) is 0 Å². The van der Waals surface area contributed by atoms with Crippen LogP contribution in [0.1, 0.15) is 12.8 Å². The highest BCUT2D eigenvalue weighted by Gasteiger charge is 2.28. The molecule has 7 heteroatoms. The number of anilines is 1. The number of halogens is 3. The van der Waals surface area contributed by atoms with Gasteiger partial charge in [-0.15, -0.1) is 11.8 Å². The molecule has 1 saturated carbocycles. The first-order chi connectivity index (χ1) is 8.94. The molecule has 0 radical (unpaired) electrons. The fraction of sp³-hybridized carbons (Fsp3) is 0.417. The van der Waals surface area contributed by atoms with E-state index in [9.17, 15) is 18.0 Å². The quantitative estimate of drug-likeness (QED) is 0.831. The van der Waals surface area contributed by atoms with Crippen LogP contribution in [0.5, 0.6) is 0 Å². The Balaban J connectivity index is 1.96. The Morgan fingerprint density at radius 1 is 1.32 bits per heavy atom. The van der Waals surface area contributed by atoms with Crippen LogP contribution in [0.25, 0.3) is 0 Å². The average Bonchev–Trinajstić information content (AvgIpc) is 3.10. The zero-order valence-electron chi connectivity index (χ0n) is 9.96. The summed E-state index contributed by atoms with van der Waals surface area (Å²) in [6.07, 6.45) is -2.32. The number of rotatable bonds is 4. The molecule has 104 valence electrons. The number of hydrogen-bond donors (Lipinski definition) is 2. The molecular formula is C12H13F3N2OS. The zero-order chi connectivity index (χ0) is 13.9. The highest BCUT2D eigenvalue weighted by atomic mass is 32.2. The second-order valence-corrected chi connectivity index (χ2v) is 5.29. The van der Waals surface area contributed by atoms with Gasteiger partial charge in [-0.2, -0.15) is 13.2 Å². The normalized spacial score (nSPS) is 15.1. The minimum atomic E-state index is -4.23. The van der Waals surface area contributed by atoms with Crippen molar-refractivity contribution in [3.8, 4) is 0 Å². The molecule has 2 N–H and O–H groups in total. The summed E-state index contributed by atoms with van der Waals surface area (Å²) >= 11 is 0.663. The molecule has 3 nitrogen and oxygen atoms in total. The van der Waals surface area contributed by atoms with Gasteiger partial charge in [0.25, 0.3) is 0 Å². The van der Waals surface area contributed by atoms with Crippen LogP contribution in [0.3, 0.4) is 0 Å². The van der Waals surface area contributed by atoms with Gasteiger partial charge in [-0.3, -0.25) is 0 Å². The van der Waals surface area contributed by atoms with E-state index in [1.54, 1.807) is 24.3 Å². The van der Waals surface area contributed by atoms with Crippen LogP contribution in [-0.2, 0) is 0 Å². The molecule has 1 aliphatic carbocycles. The Bertz CT molecular complexity index is 461. The first-order valence-electron chi connectivity index (χ1n) is 5.80. The van der Waals surface area contributed by atoms with Gasteiger partial charge in [0.05, 0.1) is 11.4 Å². The van der Waals surface area contributed by atoms with Gasteiger partial charge < -0.3 is 10.6 Å². The second kappa shape index (κ2) is 5.73. The van der Waals surface area contributed by atoms with Crippen molar-refractivity contribution in [3.05, 3.63) is 24.3 Å². The summed E-state index contributed by atoms with van der Waals surface area (Å²) in [5, 5.41) is 5.30. The van der Waals surface area contributed by atoms with Crippen molar-refractivity contribution in [2.24, 2.45) is 0 Å². The topological polar surface area (TPSA) is 41.1 Å². The number of amides is 2. The summed E-state index contributed by atoms with van der Waals surface area (Å²) in [6.45, 7) is 0. The van der Waals surface area contributed by atoms with Gasteiger partial charge in [-0.1, -0.05) is 12.1 Å². The number of hydrogen-bond acceptors (Lipinski definition) is 2. The maximum atomic E-state index is 12.2. The van der Waals surface area contributed by atoms with Crippen LogP contribution < -0.4 is 10.6 Å². The minimum absolute atomic E-state index is 0.204. The van der Waals surface area contributed by atoms with Crippen LogP contribution in [0, 0.1) is 0 Å². The average molecular weight is 290 g/mol. The highest BCUT2D eigenvalue weighted by molar-refractivity contribution is 7.99. The molecule has 0 saturated heterocycles. The lowest BCUT2D eigenvalue weighted by Crippen LogP contribution is -2.30. The van der Waals surface area contributed by atoms with Crippen LogP contribution in [0.4, 0.5) is 23.7 Å². The van der Waals surface area contributed by atoms with Crippen LogP contribution in [0.15, 0.2) is 29.2 Å². The third kappa shape index (κ3) is 5.02. The Kier molecular flexibility index (Phi) is 4.24. The fourth-order valence-electron chi connectivity index (χ4n) is 1.43. The van der Waals surface area contributed by atoms with Crippen molar-refractivity contribution in [1.82, 2.24) is 5.32 Å². The fourth-order valence-corrected chi connectivity index (χ4v) is 2.20. The van der Waals surface area contributed by atoms with E-state index in [-0.39, 0.29) is 12.1 Å². The van der Waals surface area contributed by atoms with Crippen molar-refractivity contribution in [1.29, 1.82) is 0 Å². The molecule has 19 heavy (non-hydrogen) atoms. The molecule has 1 aromatic carbocycles. The Morgan fingerprint density at radius 3 is 2.63 bits per heavy atom. The molecule has 2 amide bonds. The van der Waals surface area contributed by atoms with E-state index >= 15 is 0 Å². The smallest absolute Gasteiger partial charge is 0.335 e. The van der Waals surface area contributed by atoms with Crippen molar-refractivity contribution < 1.29 is 18.0 Å². The summed E-state index contributed by atoms with van der Waals surface area (Å²) in [5.41, 5.74) is 0.398. The zero-order valence-corrected chi connectivity index (χ0v) is 10.8. The number of carbonyl (C=O) groups is 1. The van der Waals surface area contributed by atoms with Crippen molar-refractivity contribution in [2.75, 3.05) is 11.1 Å². The van der Waals surface area contributed by atoms with E-state index in [1.165, 1.54) is 0 Å². The molecule has 1 fully saturated rings. The first kappa shape index (κ1) is 14.0. The van der Waals surface area contributed by atoms with E-state index in [2.05, 4.69) is 10.6 Å². The van der Waals surface area contributed by atoms with Gasteiger partial charge in [-0.05, 0) is 25.0 Å². The third-order valence-electron chi connectivity index (χ3n) is 2.44. The summed E-state index contributed by atoms with van der Waals surface area (Å²) in [5.74, 6) is -0.976. The summed E-state index contributed by atoms with van der Waals surface area (Å²) in [4.78, 5) is 12.0. The molecule has 0 aromatic heterocycles. The third-order valence-corrected chi connectivity index (χ3v) is 3.58. The Hall–Kier alpha value is -1.37. The van der Waals surface area contributed by atoms with E-state index in [4.69, 9.17) is 0 Å². The van der Waals surface area contributed by atoms with Gasteiger partial charge in [0.15, 0.2) is 0 Å². The standard InChI is InChI=1S/C12H13F3N2OS/c13-12(14,15)7-19-10-4-2-1-3-9(10)17-11(18)16-8-5-6-8/h1-4,8H,5-7H2,(H2,16,17,18). The molecule has 0 spiro atoms. The SMILES string of the molecule is O=C(Nc1ccccc1SCC(F)(F)F)NC1CC1. The van der Waals surface area contributed by atoms with E-state index in [1.807, 2.05) is 0 Å². The molecule has 0 aliphatic heterocycles. The number of alkyl halides is 3. The molecule has 0 heterocycles. The number of nitrogens with one attached hydrogen (secondary N) is 2. The summed E-state index contributed by atoms with van der Waals surface area (Å²) in [7, 11) is 0. The minimum Gasteiger partial charge on any atom is -0.335 e. The number of para-hydroxylation sites is 1. The largest absolute Gasteiger partial charge is 0.398 e. The highest BCUT2D eigenvalue weighted by Crippen LogP contribution is 2.32. The van der Waals surface area contributed by atoms with E-state index < -0.39 is 11.9 Å². The maximum Gasteiger partial charge on any atom is 0.398 e. The lowest BCUT2D eigenvalue weighted by atomic mass is 10.3. The number of carbonyl (C=O) groups excluding carboxylic acids is 1. The molecule has 1 aromatic rings. The first-order valence-corrected chi connectivity index (χ1v) is 6.79. The van der Waals surface area contributed by atoms with Crippen molar-refractivity contribution >= 4 is 23.5 Å². The molecule has 1 aliphatic rings. The lowest BCUT2D eigenvalue weighted by molar-refractivity contribution is -0.105. The molecule has 0 bridgehead atoms. The van der Waals surface area contributed by atoms with Crippen molar-refractivity contribution in [2.45, 2.75) is 30.0 Å².